The number of ether oxygens (including phenoxy) is 1. The lowest BCUT2D eigenvalue weighted by Gasteiger charge is -2.33. The lowest BCUT2D eigenvalue weighted by molar-refractivity contribution is 0.0998. The zero-order valence-corrected chi connectivity index (χ0v) is 15.5. The largest absolute Gasteiger partial charge is 0.392 e. The average molecular weight is 348 g/mol. The molecule has 3 rings (SSSR count). The van der Waals surface area contributed by atoms with Gasteiger partial charge in [-0.3, -0.25) is 0 Å². The van der Waals surface area contributed by atoms with Crippen molar-refractivity contribution in [3.63, 3.8) is 0 Å². The van der Waals surface area contributed by atoms with Crippen molar-refractivity contribution >= 4 is 5.69 Å². The molecule has 0 radical (unpaired) electrons. The summed E-state index contributed by atoms with van der Waals surface area (Å²) in [5.41, 5.74) is 2.74. The number of nitrogens with one attached hydrogen (secondary N) is 1. The molecule has 2 fully saturated rings. The molecule has 5 heteroatoms. The number of rotatable bonds is 7. The van der Waals surface area contributed by atoms with Crippen LogP contribution in [0.1, 0.15) is 25.3 Å². The van der Waals surface area contributed by atoms with Gasteiger partial charge in [0.25, 0.3) is 0 Å². The Bertz CT molecular complexity index is 509. The number of aliphatic hydroxyl groups excluding tert-OH is 1. The summed E-state index contributed by atoms with van der Waals surface area (Å²) < 4.78 is 5.48. The summed E-state index contributed by atoms with van der Waals surface area (Å²) in [7, 11) is 0. The van der Waals surface area contributed by atoms with Gasteiger partial charge in [-0.15, -0.1) is 0 Å². The number of nitrogens with zero attached hydrogens (tertiary/aromatic N) is 2. The van der Waals surface area contributed by atoms with Gasteiger partial charge in [0.2, 0.25) is 0 Å². The van der Waals surface area contributed by atoms with Crippen molar-refractivity contribution in [3.05, 3.63) is 29.8 Å². The number of para-hydroxylation sites is 1. The van der Waals surface area contributed by atoms with Crippen molar-refractivity contribution in [1.82, 2.24) is 10.2 Å². The van der Waals surface area contributed by atoms with E-state index in [0.29, 0.717) is 0 Å². The van der Waals surface area contributed by atoms with E-state index in [9.17, 15) is 5.11 Å². The third kappa shape index (κ3) is 5.68. The zero-order chi connectivity index (χ0) is 17.5. The molecule has 25 heavy (non-hydrogen) atoms. The van der Waals surface area contributed by atoms with Crippen LogP contribution in [-0.2, 0) is 11.3 Å². The highest BCUT2D eigenvalue weighted by atomic mass is 16.5. The molecule has 1 atom stereocenters. The second-order valence-corrected chi connectivity index (χ2v) is 7.45. The third-order valence-electron chi connectivity index (χ3n) is 5.32. The van der Waals surface area contributed by atoms with E-state index in [2.05, 4.69) is 39.4 Å². The van der Waals surface area contributed by atoms with Crippen LogP contribution in [0.2, 0.25) is 0 Å². The number of anilines is 1. The number of likely N-dealkylation sites (tertiary alicyclic amines) is 1. The molecule has 1 aromatic rings. The molecule has 2 aliphatic heterocycles. The molecule has 0 bridgehead atoms. The van der Waals surface area contributed by atoms with Gasteiger partial charge in [-0.1, -0.05) is 18.2 Å². The van der Waals surface area contributed by atoms with Gasteiger partial charge in [0.15, 0.2) is 0 Å². The van der Waals surface area contributed by atoms with Crippen molar-refractivity contribution in [2.24, 2.45) is 5.92 Å². The molecule has 0 saturated carbocycles. The standard InChI is InChI=1S/C20H33N3O2/c1-17(24)16-22-8-6-18(7-9-22)14-21-15-19-4-2-3-5-20(19)23-10-12-25-13-11-23/h2-5,17-18,21,24H,6-16H2,1H3. The summed E-state index contributed by atoms with van der Waals surface area (Å²) in [5, 5.41) is 13.2. The van der Waals surface area contributed by atoms with Gasteiger partial charge in [0, 0.05) is 31.9 Å². The minimum absolute atomic E-state index is 0.216. The monoisotopic (exact) mass is 347 g/mol. The first-order valence-electron chi connectivity index (χ1n) is 9.74. The molecule has 2 heterocycles. The number of piperidine rings is 1. The van der Waals surface area contributed by atoms with Gasteiger partial charge in [0.1, 0.15) is 0 Å². The predicted molar refractivity (Wildman–Crippen MR) is 102 cm³/mol. The van der Waals surface area contributed by atoms with Crippen LogP contribution in [0, 0.1) is 5.92 Å². The van der Waals surface area contributed by atoms with Crippen LogP contribution >= 0.6 is 0 Å². The van der Waals surface area contributed by atoms with Gasteiger partial charge in [-0.2, -0.15) is 0 Å². The van der Waals surface area contributed by atoms with Gasteiger partial charge in [0.05, 0.1) is 19.3 Å². The molecule has 1 aromatic carbocycles. The number of hydrogen-bond donors (Lipinski definition) is 2. The van der Waals surface area contributed by atoms with Crippen molar-refractivity contribution in [2.45, 2.75) is 32.4 Å². The lowest BCUT2D eigenvalue weighted by atomic mass is 9.96. The smallest absolute Gasteiger partial charge is 0.0642 e. The number of hydrogen-bond acceptors (Lipinski definition) is 5. The molecule has 5 nitrogen and oxygen atoms in total. The number of β-amino-alcohol motifs (C(OH)–C–C–N with tert-alkyl or cyclic N) is 1. The van der Waals surface area contributed by atoms with E-state index < -0.39 is 0 Å². The summed E-state index contributed by atoms with van der Waals surface area (Å²) in [6.07, 6.45) is 2.24. The lowest BCUT2D eigenvalue weighted by Crippen LogP contribution is -2.40. The van der Waals surface area contributed by atoms with Crippen LogP contribution in [0.5, 0.6) is 0 Å². The molecule has 2 aliphatic rings. The molecule has 140 valence electrons. The van der Waals surface area contributed by atoms with E-state index in [4.69, 9.17) is 4.74 Å². The normalized spacial score (nSPS) is 21.4. The van der Waals surface area contributed by atoms with Crippen LogP contribution < -0.4 is 10.2 Å². The van der Waals surface area contributed by atoms with Crippen molar-refractivity contribution in [2.75, 3.05) is 57.4 Å². The van der Waals surface area contributed by atoms with Crippen LogP contribution in [0.15, 0.2) is 24.3 Å². The Morgan fingerprint density at radius 2 is 1.88 bits per heavy atom. The van der Waals surface area contributed by atoms with E-state index in [1.807, 2.05) is 6.92 Å². The summed E-state index contributed by atoms with van der Waals surface area (Å²) in [6, 6.07) is 8.74. The number of aliphatic hydroxyl groups is 1. The van der Waals surface area contributed by atoms with Gasteiger partial charge in [-0.25, -0.2) is 0 Å². The maximum Gasteiger partial charge on any atom is 0.0642 e. The molecule has 0 aliphatic carbocycles. The SMILES string of the molecule is CC(O)CN1CCC(CNCc2ccccc2N2CCOCC2)CC1. The topological polar surface area (TPSA) is 48.0 Å². The first-order chi connectivity index (χ1) is 12.2. The first kappa shape index (κ1) is 18.6. The van der Waals surface area contributed by atoms with Crippen molar-refractivity contribution < 1.29 is 9.84 Å². The quantitative estimate of drug-likeness (QED) is 0.786. The Hall–Kier alpha value is -1.14. The Labute approximate surface area is 152 Å². The fraction of sp³-hybridized carbons (Fsp3) is 0.700. The highest BCUT2D eigenvalue weighted by Crippen LogP contribution is 2.22. The Balaban J connectivity index is 1.44. The zero-order valence-electron chi connectivity index (χ0n) is 15.5. The number of benzene rings is 1. The fourth-order valence-electron chi connectivity index (χ4n) is 3.93. The molecule has 0 amide bonds. The van der Waals surface area contributed by atoms with E-state index in [1.165, 1.54) is 24.1 Å². The predicted octanol–water partition coefficient (Wildman–Crippen LogP) is 1.71. The van der Waals surface area contributed by atoms with E-state index in [-0.39, 0.29) is 6.10 Å². The van der Waals surface area contributed by atoms with E-state index in [1.54, 1.807) is 0 Å². The first-order valence-corrected chi connectivity index (χ1v) is 9.74. The average Bonchev–Trinajstić information content (AvgIpc) is 2.64. The molecular formula is C20H33N3O2. The third-order valence-corrected chi connectivity index (χ3v) is 5.32. The minimum atomic E-state index is -0.216. The molecule has 2 N–H and O–H groups in total. The van der Waals surface area contributed by atoms with Crippen molar-refractivity contribution in [1.29, 1.82) is 0 Å². The maximum absolute atomic E-state index is 9.51. The van der Waals surface area contributed by atoms with Crippen molar-refractivity contribution in [3.8, 4) is 0 Å². The van der Waals surface area contributed by atoms with Gasteiger partial charge >= 0.3 is 0 Å². The highest BCUT2D eigenvalue weighted by Gasteiger charge is 2.20. The Morgan fingerprint density at radius 3 is 2.60 bits per heavy atom. The van der Waals surface area contributed by atoms with Crippen LogP contribution in [0.4, 0.5) is 5.69 Å². The summed E-state index contributed by atoms with van der Waals surface area (Å²) >= 11 is 0. The summed E-state index contributed by atoms with van der Waals surface area (Å²) in [4.78, 5) is 4.82. The summed E-state index contributed by atoms with van der Waals surface area (Å²) in [6.45, 7) is 10.5. The van der Waals surface area contributed by atoms with Crippen LogP contribution in [0.25, 0.3) is 0 Å². The second kappa shape index (κ2) is 9.53. The highest BCUT2D eigenvalue weighted by molar-refractivity contribution is 5.53. The second-order valence-electron chi connectivity index (χ2n) is 7.45. The van der Waals surface area contributed by atoms with Crippen LogP contribution in [0.3, 0.4) is 0 Å². The van der Waals surface area contributed by atoms with Crippen LogP contribution in [-0.4, -0.2) is 68.6 Å². The molecule has 1 unspecified atom stereocenters. The minimum Gasteiger partial charge on any atom is -0.392 e. The van der Waals surface area contributed by atoms with E-state index in [0.717, 1.165) is 64.9 Å². The molecule has 0 spiro atoms. The number of morpholine rings is 1. The fourth-order valence-corrected chi connectivity index (χ4v) is 3.93. The Morgan fingerprint density at radius 1 is 1.16 bits per heavy atom. The molecule has 2 saturated heterocycles. The maximum atomic E-state index is 9.51. The van der Waals surface area contributed by atoms with E-state index >= 15 is 0 Å². The van der Waals surface area contributed by atoms with Gasteiger partial charge in [-0.05, 0) is 56.9 Å². The molecule has 0 aromatic heterocycles. The molecular weight excluding hydrogens is 314 g/mol. The van der Waals surface area contributed by atoms with Gasteiger partial charge < -0.3 is 25.0 Å². The Kier molecular flexibility index (Phi) is 7.11. The summed E-state index contributed by atoms with van der Waals surface area (Å²) in [5.74, 6) is 0.751.